The molecule has 1 N–H and O–H groups in total. The van der Waals surface area contributed by atoms with Crippen LogP contribution in [-0.2, 0) is 0 Å². The minimum Gasteiger partial charge on any atom is -0.507 e. The molecule has 2 heteroatoms. The molecular weight excluding hydrogens is 306 g/mol. The van der Waals surface area contributed by atoms with Crippen LogP contribution in [0.3, 0.4) is 0 Å². The van der Waals surface area contributed by atoms with Crippen molar-refractivity contribution in [1.29, 1.82) is 0 Å². The van der Waals surface area contributed by atoms with E-state index in [0.717, 1.165) is 16.8 Å². The second-order valence-electron chi connectivity index (χ2n) is 7.43. The summed E-state index contributed by atoms with van der Waals surface area (Å²) in [6.07, 6.45) is 10.7. The maximum Gasteiger partial charge on any atom is 0.127 e. The molecule has 2 aromatic rings. The van der Waals surface area contributed by atoms with E-state index in [-0.39, 0.29) is 0 Å². The first kappa shape index (κ1) is 17.7. The Morgan fingerprint density at radius 1 is 0.920 bits per heavy atom. The molecule has 0 spiro atoms. The number of rotatable bonds is 3. The Morgan fingerprint density at radius 2 is 1.56 bits per heavy atom. The van der Waals surface area contributed by atoms with Gasteiger partial charge in [-0.3, -0.25) is 4.99 Å². The van der Waals surface area contributed by atoms with Crippen molar-refractivity contribution in [1.82, 2.24) is 0 Å². The smallest absolute Gasteiger partial charge is 0.127 e. The highest BCUT2D eigenvalue weighted by Gasteiger charge is 2.18. The van der Waals surface area contributed by atoms with E-state index in [0.29, 0.717) is 11.7 Å². The Hall–Kier alpha value is -2.09. The SMILES string of the molecule is Cc1cc(C)cc(N=Cc2cccc(C3CCCCCCC3)c2O)c1. The molecule has 2 nitrogen and oxygen atoms in total. The summed E-state index contributed by atoms with van der Waals surface area (Å²) in [5.74, 6) is 0.899. The van der Waals surface area contributed by atoms with Crippen molar-refractivity contribution in [3.8, 4) is 5.75 Å². The summed E-state index contributed by atoms with van der Waals surface area (Å²) in [6.45, 7) is 4.16. The highest BCUT2D eigenvalue weighted by Crippen LogP contribution is 2.36. The first-order valence-electron chi connectivity index (χ1n) is 9.58. The molecule has 0 aromatic heterocycles. The molecule has 0 aliphatic heterocycles. The van der Waals surface area contributed by atoms with Crippen molar-refractivity contribution >= 4 is 11.9 Å². The third-order valence-electron chi connectivity index (χ3n) is 5.20. The maximum absolute atomic E-state index is 10.8. The van der Waals surface area contributed by atoms with Crippen molar-refractivity contribution in [3.63, 3.8) is 0 Å². The quantitative estimate of drug-likeness (QED) is 0.631. The topological polar surface area (TPSA) is 32.6 Å². The van der Waals surface area contributed by atoms with Gasteiger partial charge in [-0.15, -0.1) is 0 Å². The molecule has 0 heterocycles. The number of hydrogen-bond acceptors (Lipinski definition) is 2. The number of nitrogens with zero attached hydrogens (tertiary/aromatic N) is 1. The van der Waals surface area contributed by atoms with Gasteiger partial charge in [0.05, 0.1) is 5.69 Å². The van der Waals surface area contributed by atoms with Gasteiger partial charge in [0, 0.05) is 11.8 Å². The Morgan fingerprint density at radius 3 is 2.24 bits per heavy atom. The number of aliphatic imine (C=N–C) groups is 1. The van der Waals surface area contributed by atoms with Crippen LogP contribution in [0.4, 0.5) is 5.69 Å². The van der Waals surface area contributed by atoms with Crippen LogP contribution < -0.4 is 0 Å². The Kier molecular flexibility index (Phi) is 5.91. The van der Waals surface area contributed by atoms with Gasteiger partial charge in [-0.05, 0) is 67.5 Å². The average Bonchev–Trinajstić information content (AvgIpc) is 2.53. The molecule has 1 fully saturated rings. The summed E-state index contributed by atoms with van der Waals surface area (Å²) in [5, 5.41) is 10.8. The fraction of sp³-hybridized carbons (Fsp3) is 0.435. The van der Waals surface area contributed by atoms with Gasteiger partial charge < -0.3 is 5.11 Å². The van der Waals surface area contributed by atoms with Gasteiger partial charge in [0.2, 0.25) is 0 Å². The van der Waals surface area contributed by atoms with Gasteiger partial charge in [0.15, 0.2) is 0 Å². The molecule has 0 saturated heterocycles. The van der Waals surface area contributed by atoms with Crippen LogP contribution >= 0.6 is 0 Å². The van der Waals surface area contributed by atoms with Crippen molar-refractivity contribution in [3.05, 3.63) is 58.7 Å². The van der Waals surface area contributed by atoms with E-state index in [9.17, 15) is 5.11 Å². The number of aryl methyl sites for hydroxylation is 2. The summed E-state index contributed by atoms with van der Waals surface area (Å²) in [6, 6.07) is 12.4. The van der Waals surface area contributed by atoms with Gasteiger partial charge in [0.25, 0.3) is 0 Å². The molecule has 0 amide bonds. The Bertz CT molecular complexity index is 720. The zero-order valence-corrected chi connectivity index (χ0v) is 15.5. The molecule has 1 aliphatic rings. The normalized spacial score (nSPS) is 16.7. The van der Waals surface area contributed by atoms with E-state index < -0.39 is 0 Å². The Balaban J connectivity index is 1.83. The van der Waals surface area contributed by atoms with Crippen molar-refractivity contribution in [2.75, 3.05) is 0 Å². The van der Waals surface area contributed by atoms with Crippen molar-refractivity contribution in [2.24, 2.45) is 4.99 Å². The predicted molar refractivity (Wildman–Crippen MR) is 106 cm³/mol. The zero-order valence-electron chi connectivity index (χ0n) is 15.5. The lowest BCUT2D eigenvalue weighted by molar-refractivity contribution is 0.424. The zero-order chi connectivity index (χ0) is 17.6. The summed E-state index contributed by atoms with van der Waals surface area (Å²) in [7, 11) is 0. The van der Waals surface area contributed by atoms with Crippen LogP contribution in [0.2, 0.25) is 0 Å². The van der Waals surface area contributed by atoms with E-state index in [1.54, 1.807) is 6.21 Å². The fourth-order valence-corrected chi connectivity index (χ4v) is 3.95. The van der Waals surface area contributed by atoms with Gasteiger partial charge in [-0.1, -0.05) is 50.3 Å². The lowest BCUT2D eigenvalue weighted by Crippen LogP contribution is -2.03. The van der Waals surface area contributed by atoms with E-state index in [1.165, 1.54) is 56.1 Å². The van der Waals surface area contributed by atoms with Gasteiger partial charge in [-0.2, -0.15) is 0 Å². The lowest BCUT2D eigenvalue weighted by Gasteiger charge is -2.21. The number of para-hydroxylation sites is 1. The fourth-order valence-electron chi connectivity index (χ4n) is 3.95. The number of benzene rings is 2. The summed E-state index contributed by atoms with van der Waals surface area (Å²) in [4.78, 5) is 4.59. The largest absolute Gasteiger partial charge is 0.507 e. The number of phenolic OH excluding ortho intramolecular Hbond substituents is 1. The van der Waals surface area contributed by atoms with Crippen LogP contribution in [0, 0.1) is 13.8 Å². The average molecular weight is 335 g/mol. The maximum atomic E-state index is 10.8. The molecule has 132 valence electrons. The second-order valence-corrected chi connectivity index (χ2v) is 7.43. The molecule has 2 aromatic carbocycles. The van der Waals surface area contributed by atoms with E-state index >= 15 is 0 Å². The van der Waals surface area contributed by atoms with Crippen LogP contribution in [-0.4, -0.2) is 11.3 Å². The number of aromatic hydroxyl groups is 1. The van der Waals surface area contributed by atoms with Gasteiger partial charge in [-0.25, -0.2) is 0 Å². The second kappa shape index (κ2) is 8.33. The van der Waals surface area contributed by atoms with E-state index in [4.69, 9.17) is 0 Å². The summed E-state index contributed by atoms with van der Waals surface area (Å²) in [5.41, 5.74) is 5.28. The first-order valence-corrected chi connectivity index (χ1v) is 9.58. The molecule has 0 radical (unpaired) electrons. The Labute approximate surface area is 151 Å². The van der Waals surface area contributed by atoms with Crippen LogP contribution in [0.25, 0.3) is 0 Å². The molecule has 1 saturated carbocycles. The summed E-state index contributed by atoms with van der Waals surface area (Å²) < 4.78 is 0. The summed E-state index contributed by atoms with van der Waals surface area (Å²) >= 11 is 0. The number of hydrogen-bond donors (Lipinski definition) is 1. The third-order valence-corrected chi connectivity index (χ3v) is 5.20. The molecule has 3 rings (SSSR count). The highest BCUT2D eigenvalue weighted by atomic mass is 16.3. The molecule has 0 atom stereocenters. The van der Waals surface area contributed by atoms with Crippen LogP contribution in [0.1, 0.15) is 73.1 Å². The molecule has 25 heavy (non-hydrogen) atoms. The van der Waals surface area contributed by atoms with Crippen molar-refractivity contribution < 1.29 is 5.11 Å². The third kappa shape index (κ3) is 4.72. The molecule has 0 unspecified atom stereocenters. The first-order chi connectivity index (χ1) is 12.1. The minimum atomic E-state index is 0.418. The minimum absolute atomic E-state index is 0.418. The highest BCUT2D eigenvalue weighted by molar-refractivity contribution is 5.86. The van der Waals surface area contributed by atoms with Crippen molar-refractivity contribution in [2.45, 2.75) is 64.7 Å². The number of phenols is 1. The van der Waals surface area contributed by atoms with E-state index in [1.807, 2.05) is 6.07 Å². The van der Waals surface area contributed by atoms with Gasteiger partial charge >= 0.3 is 0 Å². The van der Waals surface area contributed by atoms with Crippen LogP contribution in [0.15, 0.2) is 41.4 Å². The molecule has 0 bridgehead atoms. The predicted octanol–water partition coefficient (Wildman–Crippen LogP) is 6.59. The monoisotopic (exact) mass is 335 g/mol. The van der Waals surface area contributed by atoms with E-state index in [2.05, 4.69) is 49.2 Å². The van der Waals surface area contributed by atoms with Crippen LogP contribution in [0.5, 0.6) is 5.75 Å². The van der Waals surface area contributed by atoms with Gasteiger partial charge in [0.1, 0.15) is 5.75 Å². The molecule has 1 aliphatic carbocycles. The lowest BCUT2D eigenvalue weighted by atomic mass is 9.85. The standard InChI is InChI=1S/C23H29NO/c1-17-13-18(2)15-21(14-17)24-16-20-11-8-12-22(23(20)25)19-9-6-4-3-5-7-10-19/h8,11-16,19,25H,3-7,9-10H2,1-2H3. The molecular formula is C23H29NO.